The molecule has 4 heteroatoms. The number of carbonyl (C=O) groups excluding carboxylic acids is 1. The molecule has 0 aromatic heterocycles. The van der Waals surface area contributed by atoms with Crippen LogP contribution in [0.3, 0.4) is 0 Å². The molecule has 0 unspecified atom stereocenters. The van der Waals surface area contributed by atoms with Crippen molar-refractivity contribution in [1.82, 2.24) is 4.90 Å². The first-order valence-electron chi connectivity index (χ1n) is 6.32. The van der Waals surface area contributed by atoms with Crippen LogP contribution in [-0.4, -0.2) is 24.4 Å². The van der Waals surface area contributed by atoms with Gasteiger partial charge in [-0.15, -0.1) is 0 Å². The highest BCUT2D eigenvalue weighted by Gasteiger charge is 2.15. The fraction of sp³-hybridized carbons (Fsp3) is 0.188. The molecule has 0 N–H and O–H groups in total. The van der Waals surface area contributed by atoms with E-state index in [1.54, 1.807) is 30.1 Å². The highest BCUT2D eigenvalue weighted by atomic mass is 79.9. The minimum absolute atomic E-state index is 0.0321. The van der Waals surface area contributed by atoms with Crippen molar-refractivity contribution in [3.63, 3.8) is 0 Å². The van der Waals surface area contributed by atoms with Crippen molar-refractivity contribution in [1.29, 1.82) is 0 Å². The summed E-state index contributed by atoms with van der Waals surface area (Å²) in [6, 6.07) is 15.4. The summed E-state index contributed by atoms with van der Waals surface area (Å²) in [6.45, 7) is 0.668. The predicted octanol–water partition coefficient (Wildman–Crippen LogP) is 4.42. The van der Waals surface area contributed by atoms with Crippen LogP contribution in [0.5, 0.6) is 0 Å². The van der Waals surface area contributed by atoms with Gasteiger partial charge in [0.2, 0.25) is 0 Å². The molecule has 0 aliphatic rings. The van der Waals surface area contributed by atoms with E-state index in [0.717, 1.165) is 10.9 Å². The molecule has 0 spiro atoms. The number of amides is 1. The topological polar surface area (TPSA) is 20.3 Å². The van der Waals surface area contributed by atoms with Crippen LogP contribution in [0.2, 0.25) is 5.02 Å². The Labute approximate surface area is 132 Å². The smallest absolute Gasteiger partial charge is 0.254 e. The van der Waals surface area contributed by atoms with Gasteiger partial charge in [0.15, 0.2) is 0 Å². The normalized spacial score (nSPS) is 10.3. The van der Waals surface area contributed by atoms with Crippen molar-refractivity contribution in [2.75, 3.05) is 13.6 Å². The Hall–Kier alpha value is -1.32. The van der Waals surface area contributed by atoms with Crippen LogP contribution in [-0.2, 0) is 6.42 Å². The number of hydrogen-bond acceptors (Lipinski definition) is 1. The van der Waals surface area contributed by atoms with Gasteiger partial charge in [0, 0.05) is 23.1 Å². The maximum absolute atomic E-state index is 12.4. The molecule has 0 heterocycles. The van der Waals surface area contributed by atoms with E-state index in [-0.39, 0.29) is 5.91 Å². The third kappa shape index (κ3) is 3.84. The average molecular weight is 353 g/mol. The molecule has 0 radical (unpaired) electrons. The highest BCUT2D eigenvalue weighted by Crippen LogP contribution is 2.22. The van der Waals surface area contributed by atoms with Crippen LogP contribution in [0.25, 0.3) is 0 Å². The van der Waals surface area contributed by atoms with Gasteiger partial charge in [-0.1, -0.05) is 41.9 Å². The second kappa shape index (κ2) is 6.91. The molecule has 2 aromatic carbocycles. The van der Waals surface area contributed by atoms with E-state index >= 15 is 0 Å². The van der Waals surface area contributed by atoms with Crippen molar-refractivity contribution in [2.45, 2.75) is 6.42 Å². The van der Waals surface area contributed by atoms with Crippen molar-refractivity contribution in [3.05, 3.63) is 69.2 Å². The van der Waals surface area contributed by atoms with Gasteiger partial charge in [-0.05, 0) is 46.1 Å². The number of hydrogen-bond donors (Lipinski definition) is 0. The van der Waals surface area contributed by atoms with Gasteiger partial charge in [-0.25, -0.2) is 0 Å². The molecule has 1 amide bonds. The Bertz CT molecular complexity index is 601. The molecule has 104 valence electrons. The van der Waals surface area contributed by atoms with E-state index in [9.17, 15) is 4.79 Å². The first kappa shape index (κ1) is 15.1. The van der Waals surface area contributed by atoms with E-state index in [1.807, 2.05) is 18.2 Å². The lowest BCUT2D eigenvalue weighted by atomic mass is 10.1. The molecule has 0 saturated carbocycles. The zero-order valence-electron chi connectivity index (χ0n) is 11.1. The minimum atomic E-state index is -0.0321. The summed E-state index contributed by atoms with van der Waals surface area (Å²) in [5.41, 5.74) is 1.81. The summed E-state index contributed by atoms with van der Waals surface area (Å²) in [6.07, 6.45) is 0.835. The summed E-state index contributed by atoms with van der Waals surface area (Å²) >= 11 is 9.34. The Morgan fingerprint density at radius 1 is 1.20 bits per heavy atom. The first-order valence-corrected chi connectivity index (χ1v) is 7.49. The second-order valence-corrected chi connectivity index (χ2v) is 5.88. The fourth-order valence-corrected chi connectivity index (χ4v) is 2.50. The molecule has 2 nitrogen and oxygen atoms in total. The van der Waals surface area contributed by atoms with Gasteiger partial charge in [-0.2, -0.15) is 0 Å². The predicted molar refractivity (Wildman–Crippen MR) is 86.3 cm³/mol. The molecule has 0 fully saturated rings. The number of likely N-dealkylation sites (N-methyl/N-ethyl adjacent to an activating group) is 1. The highest BCUT2D eigenvalue weighted by molar-refractivity contribution is 9.10. The third-order valence-electron chi connectivity index (χ3n) is 3.08. The number of nitrogens with zero attached hydrogens (tertiary/aromatic N) is 1. The van der Waals surface area contributed by atoms with Gasteiger partial charge >= 0.3 is 0 Å². The molecule has 2 aromatic rings. The monoisotopic (exact) mass is 351 g/mol. The van der Waals surface area contributed by atoms with Crippen LogP contribution >= 0.6 is 27.5 Å². The van der Waals surface area contributed by atoms with E-state index in [2.05, 4.69) is 28.1 Å². The molecule has 0 atom stereocenters. The Balaban J connectivity index is 2.03. The standard InChI is InChI=1S/C16H15BrClNO/c1-19(10-9-12-5-3-2-4-6-12)16(20)14-11-13(18)7-8-15(14)17/h2-8,11H,9-10H2,1H3. The van der Waals surface area contributed by atoms with Crippen LogP contribution < -0.4 is 0 Å². The summed E-state index contributed by atoms with van der Waals surface area (Å²) in [5.74, 6) is -0.0321. The minimum Gasteiger partial charge on any atom is -0.341 e. The first-order chi connectivity index (χ1) is 9.58. The number of halogens is 2. The summed E-state index contributed by atoms with van der Waals surface area (Å²) in [4.78, 5) is 14.1. The van der Waals surface area contributed by atoms with Gasteiger partial charge in [-0.3, -0.25) is 4.79 Å². The van der Waals surface area contributed by atoms with Gasteiger partial charge in [0.25, 0.3) is 5.91 Å². The maximum atomic E-state index is 12.4. The third-order valence-corrected chi connectivity index (χ3v) is 4.01. The van der Waals surface area contributed by atoms with E-state index in [4.69, 9.17) is 11.6 Å². The maximum Gasteiger partial charge on any atom is 0.254 e. The van der Waals surface area contributed by atoms with Crippen LogP contribution in [0, 0.1) is 0 Å². The number of benzene rings is 2. The van der Waals surface area contributed by atoms with Crippen molar-refractivity contribution in [2.24, 2.45) is 0 Å². The second-order valence-electron chi connectivity index (χ2n) is 4.59. The molecular formula is C16H15BrClNO. The SMILES string of the molecule is CN(CCc1ccccc1)C(=O)c1cc(Cl)ccc1Br. The van der Waals surface area contributed by atoms with Crippen LogP contribution in [0.15, 0.2) is 53.0 Å². The fourth-order valence-electron chi connectivity index (χ4n) is 1.91. The number of carbonyl (C=O) groups is 1. The van der Waals surface area contributed by atoms with Crippen molar-refractivity contribution >= 4 is 33.4 Å². The van der Waals surface area contributed by atoms with Crippen LogP contribution in [0.4, 0.5) is 0 Å². The summed E-state index contributed by atoms with van der Waals surface area (Å²) in [5, 5.41) is 0.563. The largest absolute Gasteiger partial charge is 0.341 e. The molecule has 0 aliphatic heterocycles. The number of rotatable bonds is 4. The molecule has 0 aliphatic carbocycles. The van der Waals surface area contributed by atoms with Crippen molar-refractivity contribution < 1.29 is 4.79 Å². The lowest BCUT2D eigenvalue weighted by molar-refractivity contribution is 0.0795. The molecule has 0 bridgehead atoms. The Morgan fingerprint density at radius 3 is 2.60 bits per heavy atom. The van der Waals surface area contributed by atoms with Crippen LogP contribution in [0.1, 0.15) is 15.9 Å². The Morgan fingerprint density at radius 2 is 1.90 bits per heavy atom. The zero-order valence-corrected chi connectivity index (χ0v) is 13.5. The van der Waals surface area contributed by atoms with E-state index < -0.39 is 0 Å². The molecule has 20 heavy (non-hydrogen) atoms. The molecular weight excluding hydrogens is 338 g/mol. The van der Waals surface area contributed by atoms with Gasteiger partial charge in [0.1, 0.15) is 0 Å². The lowest BCUT2D eigenvalue weighted by Crippen LogP contribution is -2.29. The van der Waals surface area contributed by atoms with Gasteiger partial charge in [0.05, 0.1) is 5.56 Å². The molecule has 0 saturated heterocycles. The molecule has 2 rings (SSSR count). The van der Waals surface area contributed by atoms with E-state index in [1.165, 1.54) is 5.56 Å². The zero-order chi connectivity index (χ0) is 14.5. The van der Waals surface area contributed by atoms with E-state index in [0.29, 0.717) is 17.1 Å². The Kier molecular flexibility index (Phi) is 5.21. The summed E-state index contributed by atoms with van der Waals surface area (Å²) in [7, 11) is 1.80. The van der Waals surface area contributed by atoms with Crippen molar-refractivity contribution in [3.8, 4) is 0 Å². The summed E-state index contributed by atoms with van der Waals surface area (Å²) < 4.78 is 0.762. The average Bonchev–Trinajstić information content (AvgIpc) is 2.47. The quantitative estimate of drug-likeness (QED) is 0.798. The van der Waals surface area contributed by atoms with Gasteiger partial charge < -0.3 is 4.90 Å². The lowest BCUT2D eigenvalue weighted by Gasteiger charge is -2.18.